The zero-order valence-electron chi connectivity index (χ0n) is 15.3. The molecule has 3 heterocycles. The summed E-state index contributed by atoms with van der Waals surface area (Å²) in [5, 5.41) is 8.84. The fourth-order valence-electron chi connectivity index (χ4n) is 2.91. The first-order valence-electron chi connectivity index (χ1n) is 8.79. The molecule has 0 saturated carbocycles. The predicted molar refractivity (Wildman–Crippen MR) is 115 cm³/mol. The minimum atomic E-state index is 0.279. The van der Waals surface area contributed by atoms with Gasteiger partial charge in [-0.05, 0) is 24.3 Å². The van der Waals surface area contributed by atoms with Gasteiger partial charge in [0.05, 0.1) is 22.1 Å². The summed E-state index contributed by atoms with van der Waals surface area (Å²) in [5.41, 5.74) is 6.37. The summed E-state index contributed by atoms with van der Waals surface area (Å²) in [6, 6.07) is 15.3. The summed E-state index contributed by atoms with van der Waals surface area (Å²) >= 11 is 11.9. The number of para-hydroxylation sites is 4. The van der Waals surface area contributed by atoms with Gasteiger partial charge in [0.15, 0.2) is 21.8 Å². The van der Waals surface area contributed by atoms with Crippen molar-refractivity contribution in [3.05, 3.63) is 64.7 Å². The molecule has 0 spiro atoms. The number of nitrogens with zero attached hydrogens (tertiary/aromatic N) is 6. The number of benzene rings is 2. The van der Waals surface area contributed by atoms with Crippen LogP contribution < -0.4 is 11.3 Å². The molecule has 0 bridgehead atoms. The molecule has 0 aliphatic rings. The van der Waals surface area contributed by atoms with Crippen molar-refractivity contribution in [1.82, 2.24) is 29.5 Å². The highest BCUT2D eigenvalue weighted by atomic mass is 35.5. The lowest BCUT2D eigenvalue weighted by Crippen LogP contribution is -2.09. The van der Waals surface area contributed by atoms with Crippen LogP contribution in [0.5, 0.6) is 0 Å². The maximum Gasteiger partial charge on any atom is 0.199 e. The molecular formula is C19H16Cl2N8. The van der Waals surface area contributed by atoms with Crippen molar-refractivity contribution in [1.29, 1.82) is 0 Å². The van der Waals surface area contributed by atoms with E-state index in [1.54, 1.807) is 0 Å². The molecule has 0 unspecified atom stereocenters. The van der Waals surface area contributed by atoms with Crippen molar-refractivity contribution in [2.75, 3.05) is 5.43 Å². The first-order chi connectivity index (χ1) is 14.1. The van der Waals surface area contributed by atoms with Crippen molar-refractivity contribution >= 4 is 56.7 Å². The first kappa shape index (κ1) is 19.3. The lowest BCUT2D eigenvalue weighted by molar-refractivity contribution is 0.921. The molecule has 8 nitrogen and oxygen atoms in total. The van der Waals surface area contributed by atoms with Gasteiger partial charge in [-0.25, -0.2) is 20.8 Å². The number of fused-ring (bicyclic) bond motifs is 4. The molecule has 0 radical (unpaired) electrons. The van der Waals surface area contributed by atoms with Crippen molar-refractivity contribution in [3.63, 3.8) is 0 Å². The quantitative estimate of drug-likeness (QED) is 0.323. The smallest absolute Gasteiger partial charge is 0.199 e. The fraction of sp³-hybridized carbons (Fsp3) is 0.105. The van der Waals surface area contributed by atoms with Gasteiger partial charge in [-0.15, -0.1) is 10.2 Å². The molecule has 29 heavy (non-hydrogen) atoms. The second-order valence-electron chi connectivity index (χ2n) is 6.02. The van der Waals surface area contributed by atoms with Gasteiger partial charge < -0.3 is 5.43 Å². The van der Waals surface area contributed by atoms with Crippen LogP contribution in [0.1, 0.15) is 12.7 Å². The number of nitrogens with one attached hydrogen (secondary N) is 1. The Bertz CT molecular complexity index is 1320. The lowest BCUT2D eigenvalue weighted by Gasteiger charge is -2.03. The maximum absolute atomic E-state index is 6.07. The molecule has 0 fully saturated rings. The Hall–Kier alpha value is -3.07. The van der Waals surface area contributed by atoms with E-state index in [1.165, 1.54) is 0 Å². The van der Waals surface area contributed by atoms with Gasteiger partial charge in [-0.2, -0.15) is 0 Å². The van der Waals surface area contributed by atoms with E-state index in [2.05, 4.69) is 30.6 Å². The molecule has 5 rings (SSSR count). The van der Waals surface area contributed by atoms with E-state index in [0.717, 1.165) is 34.3 Å². The number of hydrazine groups is 1. The van der Waals surface area contributed by atoms with Gasteiger partial charge in [0.2, 0.25) is 0 Å². The van der Waals surface area contributed by atoms with Crippen LogP contribution >= 0.6 is 23.2 Å². The van der Waals surface area contributed by atoms with Crippen molar-refractivity contribution in [2.24, 2.45) is 5.84 Å². The summed E-state index contributed by atoms with van der Waals surface area (Å²) in [5.74, 6) is 6.49. The summed E-state index contributed by atoms with van der Waals surface area (Å²) < 4.78 is 1.96. The molecule has 0 aliphatic heterocycles. The summed E-state index contributed by atoms with van der Waals surface area (Å²) in [4.78, 5) is 12.6. The molecule has 0 aliphatic carbocycles. The number of nitrogens with two attached hydrogens (primary N) is 1. The molecule has 3 aromatic heterocycles. The third-order valence-electron chi connectivity index (χ3n) is 4.24. The molecule has 3 N–H and O–H groups in total. The number of aromatic nitrogens is 6. The highest BCUT2D eigenvalue weighted by Crippen LogP contribution is 2.21. The Labute approximate surface area is 175 Å². The Kier molecular flexibility index (Phi) is 5.39. The van der Waals surface area contributed by atoms with Gasteiger partial charge in [-0.3, -0.25) is 4.40 Å². The third kappa shape index (κ3) is 3.65. The lowest BCUT2D eigenvalue weighted by atomic mass is 10.3. The Balaban J connectivity index is 0.000000145. The van der Waals surface area contributed by atoms with Gasteiger partial charge in [0, 0.05) is 6.42 Å². The number of anilines is 1. The van der Waals surface area contributed by atoms with Crippen molar-refractivity contribution in [2.45, 2.75) is 13.3 Å². The third-order valence-corrected chi connectivity index (χ3v) is 4.75. The normalized spacial score (nSPS) is 10.9. The first-order valence-corrected chi connectivity index (χ1v) is 9.55. The van der Waals surface area contributed by atoms with Gasteiger partial charge in [-0.1, -0.05) is 54.4 Å². The highest BCUT2D eigenvalue weighted by Gasteiger charge is 2.11. The van der Waals surface area contributed by atoms with E-state index in [-0.39, 0.29) is 5.15 Å². The van der Waals surface area contributed by atoms with Crippen LogP contribution in [0.2, 0.25) is 10.3 Å². The summed E-state index contributed by atoms with van der Waals surface area (Å²) in [6.45, 7) is 2.04. The SMILES string of the molecule is CCc1nnc2c(Cl)nc3ccccc3n12.NNc1nc2ccccc2nc1Cl. The zero-order valence-corrected chi connectivity index (χ0v) is 16.9. The molecule has 0 amide bonds. The molecule has 146 valence electrons. The van der Waals surface area contributed by atoms with E-state index in [1.807, 2.05) is 59.9 Å². The Morgan fingerprint density at radius 1 is 0.862 bits per heavy atom. The summed E-state index contributed by atoms with van der Waals surface area (Å²) in [7, 11) is 0. The zero-order chi connectivity index (χ0) is 20.4. The van der Waals surface area contributed by atoms with Crippen molar-refractivity contribution < 1.29 is 0 Å². The number of hydrogen-bond donors (Lipinski definition) is 2. The minimum absolute atomic E-state index is 0.279. The Morgan fingerprint density at radius 2 is 1.48 bits per heavy atom. The monoisotopic (exact) mass is 426 g/mol. The predicted octanol–water partition coefficient (Wildman–Crippen LogP) is 4.06. The largest absolute Gasteiger partial charge is 0.306 e. The van der Waals surface area contributed by atoms with E-state index >= 15 is 0 Å². The van der Waals surface area contributed by atoms with Crippen LogP contribution in [0.4, 0.5) is 5.82 Å². The second-order valence-corrected chi connectivity index (χ2v) is 6.73. The van der Waals surface area contributed by atoms with Crippen LogP contribution in [0.25, 0.3) is 27.7 Å². The van der Waals surface area contributed by atoms with Crippen molar-refractivity contribution in [3.8, 4) is 0 Å². The number of rotatable bonds is 2. The average molecular weight is 427 g/mol. The van der Waals surface area contributed by atoms with E-state index in [9.17, 15) is 0 Å². The minimum Gasteiger partial charge on any atom is -0.306 e. The van der Waals surface area contributed by atoms with Gasteiger partial charge >= 0.3 is 0 Å². The van der Waals surface area contributed by atoms with E-state index < -0.39 is 0 Å². The average Bonchev–Trinajstić information content (AvgIpc) is 3.19. The number of halogens is 2. The van der Waals surface area contributed by atoms with Gasteiger partial charge in [0.25, 0.3) is 0 Å². The summed E-state index contributed by atoms with van der Waals surface area (Å²) in [6.07, 6.45) is 0.811. The molecule has 5 aromatic rings. The molecule has 0 saturated heterocycles. The van der Waals surface area contributed by atoms with Crippen LogP contribution in [0, 0.1) is 0 Å². The van der Waals surface area contributed by atoms with E-state index in [0.29, 0.717) is 16.6 Å². The molecule has 2 aromatic carbocycles. The second kappa shape index (κ2) is 8.12. The topological polar surface area (TPSA) is 107 Å². The fourth-order valence-corrected chi connectivity index (χ4v) is 3.31. The Morgan fingerprint density at radius 3 is 2.17 bits per heavy atom. The molecule has 10 heteroatoms. The molecular weight excluding hydrogens is 411 g/mol. The van der Waals surface area contributed by atoms with Gasteiger partial charge in [0.1, 0.15) is 5.82 Å². The standard InChI is InChI=1S/C11H9ClN4.C8H7ClN4/c1-2-9-14-15-11-10(12)13-7-5-3-4-6-8(7)16(9)11;9-7-8(13-10)12-6-4-2-1-3-5(6)11-7/h3-6H,2H2,1H3;1-4H,10H2,(H,12,13). The number of aryl methyl sites for hydroxylation is 1. The van der Waals surface area contributed by atoms with Crippen LogP contribution in [-0.2, 0) is 6.42 Å². The highest BCUT2D eigenvalue weighted by molar-refractivity contribution is 6.32. The molecule has 0 atom stereocenters. The van der Waals surface area contributed by atoms with Crippen LogP contribution in [0.3, 0.4) is 0 Å². The number of nitrogen functional groups attached to an aromatic ring is 1. The van der Waals surface area contributed by atoms with Crippen LogP contribution in [0.15, 0.2) is 48.5 Å². The van der Waals surface area contributed by atoms with Crippen LogP contribution in [-0.4, -0.2) is 29.5 Å². The maximum atomic E-state index is 6.07. The van der Waals surface area contributed by atoms with E-state index in [4.69, 9.17) is 29.0 Å². The number of hydrogen-bond acceptors (Lipinski definition) is 7.